The Bertz CT molecular complexity index is 558. The van der Waals surface area contributed by atoms with Gasteiger partial charge in [0.05, 0.1) is 32.1 Å². The molecule has 7 heteroatoms. The molecule has 0 aliphatic heterocycles. The molecule has 0 rings (SSSR count). The van der Waals surface area contributed by atoms with E-state index < -0.39 is 35.7 Å². The molecular weight excluding hydrogens is 434 g/mol. The number of hydrogen-bond acceptors (Lipinski definition) is 4. The van der Waals surface area contributed by atoms with E-state index in [9.17, 15) is 29.7 Å². The number of carboxylic acid groups (broad SMARTS) is 3. The molecular formula is C27H49NO6. The molecule has 3 unspecified atom stereocenters. The zero-order valence-corrected chi connectivity index (χ0v) is 22.0. The third-order valence-corrected chi connectivity index (χ3v) is 6.98. The number of aliphatic carboxylic acids is 3. The largest absolute Gasteiger partial charge is 0.550 e. The molecule has 0 bridgehead atoms. The van der Waals surface area contributed by atoms with Crippen molar-refractivity contribution in [3.8, 4) is 0 Å². The molecule has 0 aromatic rings. The van der Waals surface area contributed by atoms with Gasteiger partial charge in [0.1, 0.15) is 11.8 Å². The normalized spacial score (nSPS) is 16.1. The molecule has 34 heavy (non-hydrogen) atoms. The minimum atomic E-state index is -1.15. The third-order valence-electron chi connectivity index (χ3n) is 6.98. The summed E-state index contributed by atoms with van der Waals surface area (Å²) in [4.78, 5) is 35.5. The van der Waals surface area contributed by atoms with Crippen LogP contribution in [0.2, 0.25) is 0 Å². The van der Waals surface area contributed by atoms with Crippen LogP contribution in [-0.4, -0.2) is 58.8 Å². The Kier molecular flexibility index (Phi) is 17.4. The summed E-state index contributed by atoms with van der Waals surface area (Å²) in [5.41, 5.74) is 0. The molecule has 0 saturated heterocycles. The van der Waals surface area contributed by atoms with Gasteiger partial charge in [0.15, 0.2) is 0 Å². The topological polar surface area (TPSA) is 115 Å². The van der Waals surface area contributed by atoms with Gasteiger partial charge < -0.3 is 24.6 Å². The van der Waals surface area contributed by atoms with Gasteiger partial charge in [0, 0.05) is 12.3 Å². The van der Waals surface area contributed by atoms with Crippen LogP contribution in [0.4, 0.5) is 0 Å². The van der Waals surface area contributed by atoms with E-state index in [4.69, 9.17) is 0 Å². The highest BCUT2D eigenvalue weighted by molar-refractivity contribution is 5.70. The van der Waals surface area contributed by atoms with Crippen LogP contribution in [0.25, 0.3) is 0 Å². The van der Waals surface area contributed by atoms with Crippen molar-refractivity contribution < 1.29 is 34.2 Å². The van der Waals surface area contributed by atoms with Crippen LogP contribution in [0, 0.1) is 17.8 Å². The van der Waals surface area contributed by atoms with Gasteiger partial charge in [-0.3, -0.25) is 9.59 Å². The Morgan fingerprint density at radius 1 is 0.706 bits per heavy atom. The predicted octanol–water partition coefficient (Wildman–Crippen LogP) is 4.50. The van der Waals surface area contributed by atoms with E-state index in [1.807, 2.05) is 0 Å². The van der Waals surface area contributed by atoms with Crippen molar-refractivity contribution >= 4 is 17.9 Å². The highest BCUT2D eigenvalue weighted by Crippen LogP contribution is 2.24. The molecule has 2 N–H and O–H groups in total. The van der Waals surface area contributed by atoms with E-state index in [0.717, 1.165) is 19.3 Å². The lowest BCUT2D eigenvalue weighted by Gasteiger charge is -2.44. The van der Waals surface area contributed by atoms with Gasteiger partial charge >= 0.3 is 11.9 Å². The summed E-state index contributed by atoms with van der Waals surface area (Å²) < 4.78 is 0.187. The highest BCUT2D eigenvalue weighted by atomic mass is 16.4. The molecule has 0 aromatic heterocycles. The molecule has 0 aliphatic carbocycles. The fraction of sp³-hybridized carbons (Fsp3) is 0.815. The first-order valence-electron chi connectivity index (χ1n) is 13.3. The molecule has 0 aliphatic rings. The monoisotopic (exact) mass is 483 g/mol. The molecule has 0 spiro atoms. The van der Waals surface area contributed by atoms with Gasteiger partial charge in [-0.1, -0.05) is 65.5 Å². The second-order valence-electron chi connectivity index (χ2n) is 9.74. The molecule has 0 fully saturated rings. The summed E-state index contributed by atoms with van der Waals surface area (Å²) in [5, 5.41) is 31.2. The number of carboxylic acids is 3. The molecule has 198 valence electrons. The van der Waals surface area contributed by atoms with Crippen LogP contribution < -0.4 is 5.11 Å². The van der Waals surface area contributed by atoms with E-state index >= 15 is 0 Å². The highest BCUT2D eigenvalue weighted by Gasteiger charge is 2.39. The number of quaternary nitrogens is 1. The lowest BCUT2D eigenvalue weighted by molar-refractivity contribution is -0.935. The van der Waals surface area contributed by atoms with Crippen molar-refractivity contribution in [1.29, 1.82) is 0 Å². The van der Waals surface area contributed by atoms with E-state index in [2.05, 4.69) is 19.1 Å². The van der Waals surface area contributed by atoms with Gasteiger partial charge in [0.2, 0.25) is 0 Å². The van der Waals surface area contributed by atoms with Crippen molar-refractivity contribution in [1.82, 2.24) is 0 Å². The van der Waals surface area contributed by atoms with Crippen LogP contribution in [0.3, 0.4) is 0 Å². The number of allylic oxidation sites excluding steroid dienone is 2. The first kappa shape index (κ1) is 32.1. The second-order valence-corrected chi connectivity index (χ2v) is 9.74. The number of carbonyl (C=O) groups is 3. The van der Waals surface area contributed by atoms with Crippen LogP contribution in [0.5, 0.6) is 0 Å². The Labute approximate surface area is 206 Å². The average Bonchev–Trinajstić information content (AvgIpc) is 2.79. The van der Waals surface area contributed by atoms with Crippen molar-refractivity contribution in [3.63, 3.8) is 0 Å². The first-order chi connectivity index (χ1) is 16.2. The Morgan fingerprint density at radius 3 is 1.56 bits per heavy atom. The van der Waals surface area contributed by atoms with Crippen LogP contribution in [0.15, 0.2) is 12.2 Å². The van der Waals surface area contributed by atoms with E-state index in [0.29, 0.717) is 25.8 Å². The van der Waals surface area contributed by atoms with E-state index in [1.165, 1.54) is 32.1 Å². The molecule has 0 saturated carbocycles. The van der Waals surface area contributed by atoms with Crippen molar-refractivity contribution in [3.05, 3.63) is 12.2 Å². The number of hydrogen-bond donors (Lipinski definition) is 2. The first-order valence-corrected chi connectivity index (χ1v) is 13.3. The minimum Gasteiger partial charge on any atom is -0.550 e. The number of carbonyl (C=O) groups excluding carboxylic acids is 1. The molecule has 0 heterocycles. The van der Waals surface area contributed by atoms with Gasteiger partial charge in [-0.2, -0.15) is 0 Å². The average molecular weight is 484 g/mol. The lowest BCUT2D eigenvalue weighted by atomic mass is 9.95. The Balaban J connectivity index is 5.54. The zero-order chi connectivity index (χ0) is 26.0. The maximum Gasteiger partial charge on any atom is 0.312 e. The minimum absolute atomic E-state index is 0.187. The number of rotatable bonds is 22. The summed E-state index contributed by atoms with van der Waals surface area (Å²) in [6.07, 6.45) is 14.3. The van der Waals surface area contributed by atoms with Gasteiger partial charge in [0.25, 0.3) is 0 Å². The van der Waals surface area contributed by atoms with Crippen LogP contribution in [-0.2, 0) is 14.4 Å². The fourth-order valence-electron chi connectivity index (χ4n) is 4.68. The Hall–Kier alpha value is -1.89. The number of unbranched alkanes of at least 4 members (excludes halogenated alkanes) is 6. The predicted molar refractivity (Wildman–Crippen MR) is 133 cm³/mol. The maximum absolute atomic E-state index is 11.9. The molecule has 0 aromatic carbocycles. The lowest BCUT2D eigenvalue weighted by Crippen LogP contribution is -2.59. The summed E-state index contributed by atoms with van der Waals surface area (Å²) in [7, 11) is 0. The summed E-state index contributed by atoms with van der Waals surface area (Å²) in [6.45, 7) is 8.82. The fourth-order valence-corrected chi connectivity index (χ4v) is 4.68. The van der Waals surface area contributed by atoms with Crippen LogP contribution in [0.1, 0.15) is 98.3 Å². The van der Waals surface area contributed by atoms with Crippen molar-refractivity contribution in [2.75, 3.05) is 26.2 Å². The maximum atomic E-state index is 11.9. The smallest absolute Gasteiger partial charge is 0.312 e. The van der Waals surface area contributed by atoms with Gasteiger partial charge in [-0.05, 0) is 38.5 Å². The quantitative estimate of drug-likeness (QED) is 0.133. The summed E-state index contributed by atoms with van der Waals surface area (Å²) in [6, 6.07) is 0. The van der Waals surface area contributed by atoms with Crippen LogP contribution >= 0.6 is 0 Å². The zero-order valence-electron chi connectivity index (χ0n) is 22.0. The van der Waals surface area contributed by atoms with E-state index in [1.54, 1.807) is 20.8 Å². The SMILES string of the molecule is CCCCCCC/C=C/CCC[N+](CC(CC)C(=O)[O-])(CC(CC)C(=O)O)CC(CC)C(=O)O. The molecule has 3 atom stereocenters. The molecule has 7 nitrogen and oxygen atoms in total. The standard InChI is InChI=1S/C27H49NO6/c1-5-9-10-11-12-13-14-15-16-17-18-28(19-22(6-2)25(29)30,20-23(7-3)26(31)32)21-24(8-4)27(33)34/h14-15,22-24H,5-13,16-21H2,1-4H3,(H2-,29,30,31,32,33,34)/b15-14+. The Morgan fingerprint density at radius 2 is 1.15 bits per heavy atom. The molecule has 0 amide bonds. The van der Waals surface area contributed by atoms with Crippen molar-refractivity contribution in [2.45, 2.75) is 98.3 Å². The van der Waals surface area contributed by atoms with Gasteiger partial charge in [-0.15, -0.1) is 0 Å². The van der Waals surface area contributed by atoms with Crippen molar-refractivity contribution in [2.24, 2.45) is 17.8 Å². The second kappa shape index (κ2) is 18.4. The van der Waals surface area contributed by atoms with Gasteiger partial charge in [-0.25, -0.2) is 0 Å². The molecule has 0 radical (unpaired) electrons. The third kappa shape index (κ3) is 13.1. The summed E-state index contributed by atoms with van der Waals surface area (Å²) in [5.74, 6) is -5.03. The number of nitrogens with zero attached hydrogens (tertiary/aromatic N) is 1. The van der Waals surface area contributed by atoms with E-state index in [-0.39, 0.29) is 24.1 Å². The summed E-state index contributed by atoms with van der Waals surface area (Å²) >= 11 is 0.